The smallest absolute Gasteiger partial charge is 0.166 e. The van der Waals surface area contributed by atoms with Gasteiger partial charge in [0.1, 0.15) is 0 Å². The normalized spacial score (nSPS) is 13.2. The maximum Gasteiger partial charge on any atom is 0.416 e. The molecule has 0 aliphatic rings. The quantitative estimate of drug-likeness (QED) is 0.459. The number of rotatable bonds is 3. The third-order valence-corrected chi connectivity index (χ3v) is 4.93. The van der Waals surface area contributed by atoms with E-state index < -0.39 is 11.7 Å². The lowest BCUT2D eigenvalue weighted by atomic mass is 10.0. The molecule has 0 aromatic heterocycles. The topological polar surface area (TPSA) is 0 Å². The molecule has 0 saturated carbocycles. The Morgan fingerprint density at radius 1 is 1.10 bits per heavy atom. The Morgan fingerprint density at radius 3 is 2.38 bits per heavy atom. The minimum atomic E-state index is -4.35. The fraction of sp³-hybridized carbons (Fsp3) is 0.200. The molecule has 2 rings (SSSR count). The summed E-state index contributed by atoms with van der Waals surface area (Å²) in [5.74, 6) is 0. The van der Waals surface area contributed by atoms with Crippen LogP contribution in [-0.4, -0.2) is 0 Å². The molecule has 0 heterocycles. The molecular formula is C15H10Br2ClF3. The van der Waals surface area contributed by atoms with Crippen LogP contribution in [0.4, 0.5) is 13.2 Å². The highest BCUT2D eigenvalue weighted by atomic mass is 79.9. The predicted molar refractivity (Wildman–Crippen MR) is 86.0 cm³/mol. The molecular weight excluding hydrogens is 432 g/mol. The second kappa shape index (κ2) is 6.71. The van der Waals surface area contributed by atoms with Gasteiger partial charge in [-0.1, -0.05) is 61.7 Å². The Kier molecular flexibility index (Phi) is 5.38. The third kappa shape index (κ3) is 4.24. The van der Waals surface area contributed by atoms with Gasteiger partial charge in [0.15, 0.2) is 0 Å². The first kappa shape index (κ1) is 16.8. The first-order chi connectivity index (χ1) is 9.79. The SMILES string of the molecule is FC(F)(F)c1ccc(Br)c(C(Br)Cc2ccccc2Cl)c1. The molecule has 0 spiro atoms. The molecule has 0 N–H and O–H groups in total. The van der Waals surface area contributed by atoms with Gasteiger partial charge in [0, 0.05) is 14.3 Å². The summed E-state index contributed by atoms with van der Waals surface area (Å²) < 4.78 is 39.0. The molecule has 0 amide bonds. The summed E-state index contributed by atoms with van der Waals surface area (Å²) in [4.78, 5) is -0.269. The van der Waals surface area contributed by atoms with Crippen molar-refractivity contribution in [2.75, 3.05) is 0 Å². The van der Waals surface area contributed by atoms with Gasteiger partial charge in [0.2, 0.25) is 0 Å². The average molecular weight is 443 g/mol. The fourth-order valence-corrected chi connectivity index (χ4v) is 3.70. The van der Waals surface area contributed by atoms with Crippen LogP contribution in [0.5, 0.6) is 0 Å². The van der Waals surface area contributed by atoms with Crippen LogP contribution in [0.2, 0.25) is 5.02 Å². The molecule has 0 fully saturated rings. The van der Waals surface area contributed by atoms with Crippen LogP contribution in [0.1, 0.15) is 21.5 Å². The first-order valence-corrected chi connectivity index (χ1v) is 8.12. The van der Waals surface area contributed by atoms with E-state index in [0.717, 1.165) is 17.7 Å². The highest BCUT2D eigenvalue weighted by Crippen LogP contribution is 2.38. The van der Waals surface area contributed by atoms with Gasteiger partial charge in [-0.05, 0) is 41.8 Å². The fourth-order valence-electron chi connectivity index (χ4n) is 1.93. The molecule has 0 bridgehead atoms. The van der Waals surface area contributed by atoms with E-state index >= 15 is 0 Å². The van der Waals surface area contributed by atoms with Gasteiger partial charge in [0.25, 0.3) is 0 Å². The van der Waals surface area contributed by atoms with E-state index in [9.17, 15) is 13.2 Å². The van der Waals surface area contributed by atoms with Crippen molar-refractivity contribution in [3.05, 3.63) is 68.7 Å². The predicted octanol–water partition coefficient (Wildman–Crippen LogP) is 6.80. The van der Waals surface area contributed by atoms with Crippen LogP contribution >= 0.6 is 43.5 Å². The van der Waals surface area contributed by atoms with Crippen LogP contribution in [0, 0.1) is 0 Å². The number of alkyl halides is 4. The van der Waals surface area contributed by atoms with Crippen molar-refractivity contribution in [1.29, 1.82) is 0 Å². The van der Waals surface area contributed by atoms with Gasteiger partial charge in [-0.3, -0.25) is 0 Å². The Balaban J connectivity index is 2.31. The lowest BCUT2D eigenvalue weighted by molar-refractivity contribution is -0.137. The van der Waals surface area contributed by atoms with Gasteiger partial charge in [-0.15, -0.1) is 0 Å². The van der Waals surface area contributed by atoms with E-state index in [2.05, 4.69) is 31.9 Å². The molecule has 21 heavy (non-hydrogen) atoms. The van der Waals surface area contributed by atoms with Crippen LogP contribution < -0.4 is 0 Å². The Labute approximate surface area is 142 Å². The largest absolute Gasteiger partial charge is 0.416 e. The van der Waals surface area contributed by atoms with Crippen molar-refractivity contribution in [1.82, 2.24) is 0 Å². The second-order valence-electron chi connectivity index (χ2n) is 4.50. The molecule has 2 aromatic rings. The summed E-state index contributed by atoms with van der Waals surface area (Å²) in [6.45, 7) is 0. The number of hydrogen-bond acceptors (Lipinski definition) is 0. The van der Waals surface area contributed by atoms with E-state index in [0.29, 0.717) is 21.5 Å². The van der Waals surface area contributed by atoms with E-state index in [-0.39, 0.29) is 4.83 Å². The van der Waals surface area contributed by atoms with Crippen molar-refractivity contribution in [2.24, 2.45) is 0 Å². The van der Waals surface area contributed by atoms with Crippen molar-refractivity contribution in [2.45, 2.75) is 17.4 Å². The molecule has 112 valence electrons. The maximum absolute atomic E-state index is 12.8. The summed E-state index contributed by atoms with van der Waals surface area (Å²) in [6, 6.07) is 10.9. The van der Waals surface area contributed by atoms with Crippen molar-refractivity contribution in [3.8, 4) is 0 Å². The van der Waals surface area contributed by atoms with Gasteiger partial charge in [0.05, 0.1) is 5.56 Å². The van der Waals surface area contributed by atoms with Gasteiger partial charge in [-0.25, -0.2) is 0 Å². The van der Waals surface area contributed by atoms with E-state index in [1.165, 1.54) is 6.07 Å². The van der Waals surface area contributed by atoms with Crippen LogP contribution in [0.3, 0.4) is 0 Å². The standard InChI is InChI=1S/C15H10Br2ClF3/c16-12-6-5-10(15(19,20)21)8-11(12)13(17)7-9-3-1-2-4-14(9)18/h1-6,8,13H,7H2. The molecule has 1 atom stereocenters. The van der Waals surface area contributed by atoms with Gasteiger partial charge < -0.3 is 0 Å². The van der Waals surface area contributed by atoms with E-state index in [1.54, 1.807) is 6.07 Å². The van der Waals surface area contributed by atoms with Crippen LogP contribution in [0.25, 0.3) is 0 Å². The van der Waals surface area contributed by atoms with Gasteiger partial charge in [-0.2, -0.15) is 13.2 Å². The van der Waals surface area contributed by atoms with Crippen LogP contribution in [-0.2, 0) is 12.6 Å². The Morgan fingerprint density at radius 2 is 1.76 bits per heavy atom. The molecule has 0 aliphatic carbocycles. The summed E-state index contributed by atoms with van der Waals surface area (Å²) in [5, 5.41) is 0.602. The van der Waals surface area contributed by atoms with Crippen LogP contribution in [0.15, 0.2) is 46.9 Å². The zero-order valence-electron chi connectivity index (χ0n) is 10.6. The molecule has 0 radical (unpaired) electrons. The number of hydrogen-bond donors (Lipinski definition) is 0. The van der Waals surface area contributed by atoms with Crippen molar-refractivity contribution in [3.63, 3.8) is 0 Å². The lowest BCUT2D eigenvalue weighted by Crippen LogP contribution is -2.07. The molecule has 0 aliphatic heterocycles. The van der Waals surface area contributed by atoms with E-state index in [1.807, 2.05) is 18.2 Å². The number of benzene rings is 2. The maximum atomic E-state index is 12.8. The summed E-state index contributed by atoms with van der Waals surface area (Å²) in [5.41, 5.74) is 0.763. The minimum absolute atomic E-state index is 0.269. The third-order valence-electron chi connectivity index (χ3n) is 3.02. The second-order valence-corrected chi connectivity index (χ2v) is 6.86. The highest BCUT2D eigenvalue weighted by molar-refractivity contribution is 9.11. The van der Waals surface area contributed by atoms with E-state index in [4.69, 9.17) is 11.6 Å². The van der Waals surface area contributed by atoms with Crippen molar-refractivity contribution >= 4 is 43.5 Å². The zero-order valence-corrected chi connectivity index (χ0v) is 14.5. The molecule has 1 unspecified atom stereocenters. The van der Waals surface area contributed by atoms with Crippen molar-refractivity contribution < 1.29 is 13.2 Å². The monoisotopic (exact) mass is 440 g/mol. The highest BCUT2D eigenvalue weighted by Gasteiger charge is 2.31. The van der Waals surface area contributed by atoms with Gasteiger partial charge >= 0.3 is 6.18 Å². The number of halogens is 6. The zero-order chi connectivity index (χ0) is 15.6. The Hall–Kier alpha value is -0.520. The average Bonchev–Trinajstić information content (AvgIpc) is 2.40. The lowest BCUT2D eigenvalue weighted by Gasteiger charge is -2.16. The summed E-state index contributed by atoms with van der Waals surface area (Å²) in [7, 11) is 0. The molecule has 0 saturated heterocycles. The molecule has 6 heteroatoms. The molecule has 0 nitrogen and oxygen atoms in total. The summed E-state index contributed by atoms with van der Waals surface area (Å²) >= 11 is 12.8. The minimum Gasteiger partial charge on any atom is -0.166 e. The Bertz CT molecular complexity index is 641. The molecule has 2 aromatic carbocycles. The summed E-state index contributed by atoms with van der Waals surface area (Å²) in [6.07, 6.45) is -3.86. The first-order valence-electron chi connectivity index (χ1n) is 6.03.